The van der Waals surface area contributed by atoms with Gasteiger partial charge in [0.1, 0.15) is 5.15 Å². The second-order valence-electron chi connectivity index (χ2n) is 2.93. The van der Waals surface area contributed by atoms with Gasteiger partial charge in [0.25, 0.3) is 0 Å². The fourth-order valence-corrected chi connectivity index (χ4v) is 1.53. The zero-order chi connectivity index (χ0) is 12.1. The minimum Gasteiger partial charge on any atom is -0.423 e. The molecule has 3 nitrogen and oxygen atoms in total. The third-order valence-corrected chi connectivity index (χ3v) is 2.29. The van der Waals surface area contributed by atoms with Crippen LogP contribution in [0.2, 0.25) is 5.15 Å². The van der Waals surface area contributed by atoms with Gasteiger partial charge in [-0.15, -0.1) is 0 Å². The molecule has 1 aromatic carbocycles. The lowest BCUT2D eigenvalue weighted by molar-refractivity contribution is 0.425. The van der Waals surface area contributed by atoms with E-state index in [-0.39, 0.29) is 10.6 Å². The third kappa shape index (κ3) is 2.73. The summed E-state index contributed by atoms with van der Waals surface area (Å²) in [5.74, 6) is 0. The Labute approximate surface area is 99.9 Å². The number of hydrogen-bond donors (Lipinski definition) is 2. The molecule has 0 radical (unpaired) electrons. The SMILES string of the molecule is CC.OB(O)c1cc2ccccc2nc1Cl. The number of hydrogen-bond acceptors (Lipinski definition) is 3. The van der Waals surface area contributed by atoms with Crippen LogP contribution in [0.1, 0.15) is 13.8 Å². The van der Waals surface area contributed by atoms with Crippen molar-refractivity contribution in [3.63, 3.8) is 0 Å². The first-order valence-electron chi connectivity index (χ1n) is 5.10. The molecule has 0 saturated carbocycles. The van der Waals surface area contributed by atoms with Crippen LogP contribution in [0, 0.1) is 0 Å². The molecule has 0 aliphatic heterocycles. The summed E-state index contributed by atoms with van der Waals surface area (Å²) < 4.78 is 0. The van der Waals surface area contributed by atoms with E-state index < -0.39 is 7.12 Å². The molecule has 0 aliphatic rings. The predicted octanol–water partition coefficient (Wildman–Crippen LogP) is 1.59. The Morgan fingerprint density at radius 2 is 1.81 bits per heavy atom. The van der Waals surface area contributed by atoms with Gasteiger partial charge in [-0.3, -0.25) is 0 Å². The molecular formula is C11H13BClNO2. The number of aromatic nitrogens is 1. The minimum absolute atomic E-state index is 0.124. The average Bonchev–Trinajstić information content (AvgIpc) is 2.30. The number of para-hydroxylation sites is 1. The largest absolute Gasteiger partial charge is 0.491 e. The highest BCUT2D eigenvalue weighted by Crippen LogP contribution is 2.13. The summed E-state index contributed by atoms with van der Waals surface area (Å²) >= 11 is 5.77. The monoisotopic (exact) mass is 237 g/mol. The Morgan fingerprint density at radius 3 is 2.44 bits per heavy atom. The van der Waals surface area contributed by atoms with Gasteiger partial charge in [0.05, 0.1) is 5.52 Å². The highest BCUT2D eigenvalue weighted by Gasteiger charge is 2.16. The molecule has 0 atom stereocenters. The second kappa shape index (κ2) is 5.84. The van der Waals surface area contributed by atoms with E-state index in [1.165, 1.54) is 0 Å². The normalized spacial score (nSPS) is 9.56. The Morgan fingerprint density at radius 1 is 1.19 bits per heavy atom. The van der Waals surface area contributed by atoms with Gasteiger partial charge in [-0.2, -0.15) is 0 Å². The van der Waals surface area contributed by atoms with E-state index in [1.54, 1.807) is 6.07 Å². The van der Waals surface area contributed by atoms with Crippen molar-refractivity contribution in [3.8, 4) is 0 Å². The predicted molar refractivity (Wildman–Crippen MR) is 67.9 cm³/mol. The molecule has 2 rings (SSSR count). The van der Waals surface area contributed by atoms with Crippen LogP contribution in [-0.4, -0.2) is 22.2 Å². The summed E-state index contributed by atoms with van der Waals surface area (Å²) in [6.45, 7) is 4.00. The summed E-state index contributed by atoms with van der Waals surface area (Å²) in [6, 6.07) is 8.97. The van der Waals surface area contributed by atoms with Gasteiger partial charge in [0.2, 0.25) is 0 Å². The van der Waals surface area contributed by atoms with E-state index >= 15 is 0 Å². The number of pyridine rings is 1. The summed E-state index contributed by atoms with van der Waals surface area (Å²) in [5.41, 5.74) is 0.965. The summed E-state index contributed by atoms with van der Waals surface area (Å²) in [7, 11) is -1.58. The molecule has 0 saturated heterocycles. The molecule has 0 fully saturated rings. The fraction of sp³-hybridized carbons (Fsp3) is 0.182. The van der Waals surface area contributed by atoms with Gasteiger partial charge in [0, 0.05) is 5.46 Å². The van der Waals surface area contributed by atoms with Crippen LogP contribution in [0.3, 0.4) is 0 Å². The fourth-order valence-electron chi connectivity index (χ4n) is 1.29. The smallest absolute Gasteiger partial charge is 0.423 e. The lowest BCUT2D eigenvalue weighted by Crippen LogP contribution is -2.31. The van der Waals surface area contributed by atoms with Crippen molar-refractivity contribution in [3.05, 3.63) is 35.5 Å². The first-order chi connectivity index (χ1) is 7.68. The first kappa shape index (κ1) is 13.0. The Kier molecular flexibility index (Phi) is 4.74. The Balaban J connectivity index is 0.000000606. The molecule has 2 aromatic rings. The van der Waals surface area contributed by atoms with Crippen LogP contribution >= 0.6 is 11.6 Å². The van der Waals surface area contributed by atoms with E-state index in [2.05, 4.69) is 4.98 Å². The van der Waals surface area contributed by atoms with E-state index in [4.69, 9.17) is 21.6 Å². The molecule has 1 heterocycles. The molecule has 84 valence electrons. The molecule has 0 unspecified atom stereocenters. The van der Waals surface area contributed by atoms with Gasteiger partial charge in [-0.1, -0.05) is 43.6 Å². The van der Waals surface area contributed by atoms with Crippen molar-refractivity contribution in [2.24, 2.45) is 0 Å². The van der Waals surface area contributed by atoms with Gasteiger partial charge in [-0.05, 0) is 17.5 Å². The Bertz CT molecular complexity index is 476. The van der Waals surface area contributed by atoms with Crippen molar-refractivity contribution >= 4 is 35.1 Å². The molecule has 0 aliphatic carbocycles. The summed E-state index contributed by atoms with van der Waals surface area (Å²) in [6.07, 6.45) is 0. The van der Waals surface area contributed by atoms with E-state index in [0.29, 0.717) is 0 Å². The number of fused-ring (bicyclic) bond motifs is 1. The molecule has 0 amide bonds. The van der Waals surface area contributed by atoms with Crippen LogP contribution in [0.15, 0.2) is 30.3 Å². The number of halogens is 1. The molecule has 1 aromatic heterocycles. The average molecular weight is 237 g/mol. The quantitative estimate of drug-likeness (QED) is 0.585. The van der Waals surface area contributed by atoms with Gasteiger partial charge >= 0.3 is 7.12 Å². The van der Waals surface area contributed by atoms with Gasteiger partial charge in [-0.25, -0.2) is 4.98 Å². The molecule has 0 bridgehead atoms. The van der Waals surface area contributed by atoms with Gasteiger partial charge in [0.15, 0.2) is 0 Å². The van der Waals surface area contributed by atoms with Crippen LogP contribution in [0.5, 0.6) is 0 Å². The molecule has 5 heteroatoms. The van der Waals surface area contributed by atoms with Crippen LogP contribution in [0.25, 0.3) is 10.9 Å². The standard InChI is InChI=1S/C9H7BClNO2.C2H6/c11-9-7(10(13)14)5-6-3-1-2-4-8(6)12-9;1-2/h1-5,13-14H;1-2H3. The zero-order valence-corrected chi connectivity index (χ0v) is 9.94. The number of nitrogens with zero attached hydrogens (tertiary/aromatic N) is 1. The maximum atomic E-state index is 9.00. The van der Waals surface area contributed by atoms with Gasteiger partial charge < -0.3 is 10.0 Å². The topological polar surface area (TPSA) is 53.4 Å². The first-order valence-corrected chi connectivity index (χ1v) is 5.47. The molecule has 2 N–H and O–H groups in total. The number of benzene rings is 1. The number of rotatable bonds is 1. The zero-order valence-electron chi connectivity index (χ0n) is 9.18. The Hall–Kier alpha value is -1.10. The van der Waals surface area contributed by atoms with Crippen LogP contribution in [-0.2, 0) is 0 Å². The van der Waals surface area contributed by atoms with Crippen molar-refractivity contribution in [2.45, 2.75) is 13.8 Å². The molecular weight excluding hydrogens is 224 g/mol. The maximum Gasteiger partial charge on any atom is 0.491 e. The lowest BCUT2D eigenvalue weighted by Gasteiger charge is -2.04. The van der Waals surface area contributed by atoms with E-state index in [1.807, 2.05) is 38.1 Å². The second-order valence-corrected chi connectivity index (χ2v) is 3.29. The molecule has 16 heavy (non-hydrogen) atoms. The third-order valence-electron chi connectivity index (χ3n) is 1.98. The van der Waals surface area contributed by atoms with Crippen LogP contribution < -0.4 is 5.46 Å². The summed E-state index contributed by atoms with van der Waals surface area (Å²) in [4.78, 5) is 4.04. The van der Waals surface area contributed by atoms with Crippen molar-refractivity contribution in [2.75, 3.05) is 0 Å². The van der Waals surface area contributed by atoms with Crippen molar-refractivity contribution in [1.29, 1.82) is 0 Å². The highest BCUT2D eigenvalue weighted by atomic mass is 35.5. The van der Waals surface area contributed by atoms with E-state index in [0.717, 1.165) is 10.9 Å². The minimum atomic E-state index is -1.58. The van der Waals surface area contributed by atoms with Crippen molar-refractivity contribution < 1.29 is 10.0 Å². The lowest BCUT2D eigenvalue weighted by atomic mass is 9.81. The highest BCUT2D eigenvalue weighted by molar-refractivity contribution is 6.62. The maximum absolute atomic E-state index is 9.00. The van der Waals surface area contributed by atoms with Crippen LogP contribution in [0.4, 0.5) is 0 Å². The summed E-state index contributed by atoms with van der Waals surface area (Å²) in [5, 5.41) is 18.9. The van der Waals surface area contributed by atoms with E-state index in [9.17, 15) is 0 Å². The van der Waals surface area contributed by atoms with Crippen molar-refractivity contribution in [1.82, 2.24) is 4.98 Å². The molecule has 0 spiro atoms.